The van der Waals surface area contributed by atoms with Crippen LogP contribution < -0.4 is 0 Å². The highest BCUT2D eigenvalue weighted by Crippen LogP contribution is 2.28. The van der Waals surface area contributed by atoms with Crippen LogP contribution in [0.25, 0.3) is 0 Å². The number of Topliss-reactive ketones (excluding diaryl/α,β-unsaturated/α-hetero) is 1. The van der Waals surface area contributed by atoms with Crippen LogP contribution >= 0.6 is 27.5 Å². The van der Waals surface area contributed by atoms with Gasteiger partial charge in [-0.05, 0) is 28.9 Å². The van der Waals surface area contributed by atoms with Crippen LogP contribution in [0.15, 0.2) is 10.5 Å². The SMILES string of the molecule is CC(=O)c1c(Br)cc(Cl)c(F)c1F. The van der Waals surface area contributed by atoms with Gasteiger partial charge in [-0.25, -0.2) is 8.78 Å². The van der Waals surface area contributed by atoms with E-state index in [-0.39, 0.29) is 15.1 Å². The zero-order valence-electron chi connectivity index (χ0n) is 6.50. The molecule has 0 amide bonds. The van der Waals surface area contributed by atoms with E-state index in [1.165, 1.54) is 0 Å². The Bertz CT molecular complexity index is 379. The maximum absolute atomic E-state index is 13.1. The number of rotatable bonds is 1. The Balaban J connectivity index is 3.53. The predicted octanol–water partition coefficient (Wildman–Crippen LogP) is 3.58. The van der Waals surface area contributed by atoms with Gasteiger partial charge in [-0.1, -0.05) is 11.6 Å². The van der Waals surface area contributed by atoms with Crippen LogP contribution in [0.1, 0.15) is 17.3 Å². The first-order chi connectivity index (χ1) is 5.95. The van der Waals surface area contributed by atoms with Crippen LogP contribution in [0.3, 0.4) is 0 Å². The Labute approximate surface area is 86.8 Å². The second-order valence-electron chi connectivity index (χ2n) is 2.40. The lowest BCUT2D eigenvalue weighted by atomic mass is 10.1. The van der Waals surface area contributed by atoms with Crippen LogP contribution in [0.2, 0.25) is 5.02 Å². The highest BCUT2D eigenvalue weighted by molar-refractivity contribution is 9.10. The van der Waals surface area contributed by atoms with Crippen LogP contribution in [0.4, 0.5) is 8.78 Å². The molecule has 0 heterocycles. The summed E-state index contributed by atoms with van der Waals surface area (Å²) in [6, 6.07) is 1.15. The van der Waals surface area contributed by atoms with Crippen molar-refractivity contribution in [1.29, 1.82) is 0 Å². The molecule has 0 saturated heterocycles. The predicted molar refractivity (Wildman–Crippen MR) is 49.1 cm³/mol. The molecule has 5 heteroatoms. The first-order valence-electron chi connectivity index (χ1n) is 3.29. The molecule has 1 aromatic rings. The molecule has 0 unspecified atom stereocenters. The van der Waals surface area contributed by atoms with Crippen molar-refractivity contribution < 1.29 is 13.6 Å². The van der Waals surface area contributed by atoms with Crippen molar-refractivity contribution in [1.82, 2.24) is 0 Å². The average Bonchev–Trinajstić information content (AvgIpc) is 1.99. The fourth-order valence-electron chi connectivity index (χ4n) is 0.889. The van der Waals surface area contributed by atoms with Crippen molar-refractivity contribution in [2.24, 2.45) is 0 Å². The lowest BCUT2D eigenvalue weighted by molar-refractivity contribution is 0.101. The molecule has 0 saturated carbocycles. The van der Waals surface area contributed by atoms with E-state index in [1.54, 1.807) is 0 Å². The minimum atomic E-state index is -1.22. The van der Waals surface area contributed by atoms with E-state index in [1.807, 2.05) is 0 Å². The Morgan fingerprint density at radius 3 is 2.46 bits per heavy atom. The smallest absolute Gasteiger partial charge is 0.178 e. The summed E-state index contributed by atoms with van der Waals surface area (Å²) in [6.07, 6.45) is 0. The first kappa shape index (κ1) is 10.6. The van der Waals surface area contributed by atoms with Gasteiger partial charge in [0.05, 0.1) is 10.6 Å². The summed E-state index contributed by atoms with van der Waals surface area (Å²) < 4.78 is 26.1. The normalized spacial score (nSPS) is 10.2. The number of hydrogen-bond donors (Lipinski definition) is 0. The fraction of sp³-hybridized carbons (Fsp3) is 0.125. The van der Waals surface area contributed by atoms with E-state index in [4.69, 9.17) is 11.6 Å². The van der Waals surface area contributed by atoms with Crippen molar-refractivity contribution in [3.8, 4) is 0 Å². The van der Waals surface area contributed by atoms with E-state index in [0.717, 1.165) is 13.0 Å². The molecular formula is C8H4BrClF2O. The van der Waals surface area contributed by atoms with Gasteiger partial charge in [0.25, 0.3) is 0 Å². The number of ketones is 1. The summed E-state index contributed by atoms with van der Waals surface area (Å²) in [4.78, 5) is 10.9. The zero-order chi connectivity index (χ0) is 10.2. The molecule has 0 atom stereocenters. The molecular weight excluding hydrogens is 265 g/mol. The third-order valence-electron chi connectivity index (χ3n) is 1.47. The van der Waals surface area contributed by atoms with Crippen LogP contribution in [-0.4, -0.2) is 5.78 Å². The molecule has 0 bridgehead atoms. The van der Waals surface area contributed by atoms with Crippen molar-refractivity contribution in [3.63, 3.8) is 0 Å². The standard InChI is InChI=1S/C8H4BrClF2O/c1-3(13)6-4(9)2-5(10)7(11)8(6)12/h2H,1H3. The highest BCUT2D eigenvalue weighted by Gasteiger charge is 2.18. The van der Waals surface area contributed by atoms with Crippen molar-refractivity contribution in [2.45, 2.75) is 6.92 Å². The van der Waals surface area contributed by atoms with Crippen LogP contribution in [0, 0.1) is 11.6 Å². The summed E-state index contributed by atoms with van der Waals surface area (Å²) in [7, 11) is 0. The van der Waals surface area contributed by atoms with Gasteiger partial charge in [-0.3, -0.25) is 4.79 Å². The van der Waals surface area contributed by atoms with Gasteiger partial charge in [-0.2, -0.15) is 0 Å². The molecule has 0 spiro atoms. The van der Waals surface area contributed by atoms with Crippen molar-refractivity contribution in [2.75, 3.05) is 0 Å². The first-order valence-corrected chi connectivity index (χ1v) is 4.46. The molecule has 0 aliphatic rings. The van der Waals surface area contributed by atoms with E-state index >= 15 is 0 Å². The molecule has 1 aromatic carbocycles. The number of hydrogen-bond acceptors (Lipinski definition) is 1. The largest absolute Gasteiger partial charge is 0.294 e. The third-order valence-corrected chi connectivity index (χ3v) is 2.37. The van der Waals surface area contributed by atoms with Gasteiger partial charge >= 0.3 is 0 Å². The molecule has 1 rings (SSSR count). The van der Waals surface area contributed by atoms with Gasteiger partial charge in [0, 0.05) is 4.47 Å². The van der Waals surface area contributed by atoms with Gasteiger partial charge in [0.1, 0.15) is 0 Å². The summed E-state index contributed by atoms with van der Waals surface area (Å²) in [5.74, 6) is -2.97. The lowest BCUT2D eigenvalue weighted by Gasteiger charge is -2.04. The Kier molecular flexibility index (Phi) is 3.03. The molecule has 0 aromatic heterocycles. The number of benzene rings is 1. The Hall–Kier alpha value is -0.480. The minimum Gasteiger partial charge on any atom is -0.294 e. The zero-order valence-corrected chi connectivity index (χ0v) is 8.84. The Morgan fingerprint density at radius 2 is 2.00 bits per heavy atom. The molecule has 0 aliphatic heterocycles. The van der Waals surface area contributed by atoms with Crippen molar-refractivity contribution in [3.05, 3.63) is 32.8 Å². The molecule has 0 aliphatic carbocycles. The van der Waals surface area contributed by atoms with Gasteiger partial charge in [-0.15, -0.1) is 0 Å². The van der Waals surface area contributed by atoms with E-state index < -0.39 is 17.4 Å². The van der Waals surface area contributed by atoms with E-state index in [2.05, 4.69) is 15.9 Å². The van der Waals surface area contributed by atoms with E-state index in [9.17, 15) is 13.6 Å². The number of halogens is 4. The monoisotopic (exact) mass is 268 g/mol. The highest BCUT2D eigenvalue weighted by atomic mass is 79.9. The average molecular weight is 269 g/mol. The molecule has 70 valence electrons. The third kappa shape index (κ3) is 1.89. The Morgan fingerprint density at radius 1 is 1.46 bits per heavy atom. The summed E-state index contributed by atoms with van der Waals surface area (Å²) in [5.41, 5.74) is -0.318. The maximum Gasteiger partial charge on any atom is 0.178 e. The summed E-state index contributed by atoms with van der Waals surface area (Å²) >= 11 is 8.26. The van der Waals surface area contributed by atoms with Crippen molar-refractivity contribution >= 4 is 33.3 Å². The molecule has 13 heavy (non-hydrogen) atoms. The van der Waals surface area contributed by atoms with E-state index in [0.29, 0.717) is 0 Å². The second kappa shape index (κ2) is 3.72. The topological polar surface area (TPSA) is 17.1 Å². The molecule has 1 nitrogen and oxygen atoms in total. The molecule has 0 radical (unpaired) electrons. The lowest BCUT2D eigenvalue weighted by Crippen LogP contribution is -2.02. The molecule has 0 N–H and O–H groups in total. The van der Waals surface area contributed by atoms with Gasteiger partial charge < -0.3 is 0 Å². The number of carbonyl (C=O) groups excluding carboxylic acids is 1. The molecule has 0 fully saturated rings. The maximum atomic E-state index is 13.1. The quantitative estimate of drug-likeness (QED) is 0.433. The number of carbonyl (C=O) groups is 1. The van der Waals surface area contributed by atoms with Gasteiger partial charge in [0.2, 0.25) is 0 Å². The van der Waals surface area contributed by atoms with Crippen LogP contribution in [0.5, 0.6) is 0 Å². The fourth-order valence-corrected chi connectivity index (χ4v) is 1.89. The summed E-state index contributed by atoms with van der Waals surface area (Å²) in [5, 5.41) is -0.352. The minimum absolute atomic E-state index is 0.156. The second-order valence-corrected chi connectivity index (χ2v) is 3.66. The summed E-state index contributed by atoms with van der Waals surface area (Å²) in [6.45, 7) is 1.15. The van der Waals surface area contributed by atoms with Gasteiger partial charge in [0.15, 0.2) is 17.4 Å². The van der Waals surface area contributed by atoms with Crippen LogP contribution in [-0.2, 0) is 0 Å².